The van der Waals surface area contributed by atoms with E-state index in [1.807, 2.05) is 0 Å². The Morgan fingerprint density at radius 1 is 1.50 bits per heavy atom. The Balaban J connectivity index is 2.40. The molecule has 0 aromatic carbocycles. The molecule has 0 aromatic heterocycles. The highest BCUT2D eigenvalue weighted by Crippen LogP contribution is 2.26. The lowest BCUT2D eigenvalue weighted by molar-refractivity contribution is -0.141. The summed E-state index contributed by atoms with van der Waals surface area (Å²) >= 11 is 0. The van der Waals surface area contributed by atoms with Gasteiger partial charge in [-0.3, -0.25) is 4.79 Å². The molecule has 0 bridgehead atoms. The quantitative estimate of drug-likeness (QED) is 0.595. The number of carbonyl (C=O) groups excluding carboxylic acids is 1. The summed E-state index contributed by atoms with van der Waals surface area (Å²) in [7, 11) is 0. The van der Waals surface area contributed by atoms with Crippen molar-refractivity contribution in [3.8, 4) is 0 Å². The molecule has 1 amide bonds. The van der Waals surface area contributed by atoms with Crippen LogP contribution in [0.1, 0.15) is 12.8 Å². The van der Waals surface area contributed by atoms with Gasteiger partial charge < -0.3 is 20.3 Å². The summed E-state index contributed by atoms with van der Waals surface area (Å²) in [6, 6.07) is -0.557. The molecule has 0 spiro atoms. The van der Waals surface area contributed by atoms with Crippen molar-refractivity contribution in [2.24, 2.45) is 5.92 Å². The molecule has 90 valence electrons. The van der Waals surface area contributed by atoms with Gasteiger partial charge >= 0.3 is 12.1 Å². The average Bonchev–Trinajstić information content (AvgIpc) is 2.57. The van der Waals surface area contributed by atoms with E-state index in [0.29, 0.717) is 0 Å². The SMILES string of the molecule is C=CCOC(=O)N[C@@H]1C[C@H](C(=O)O)C[C@H]1O. The summed E-state index contributed by atoms with van der Waals surface area (Å²) in [4.78, 5) is 21.8. The normalized spacial score (nSPS) is 28.4. The third-order valence-electron chi connectivity index (χ3n) is 2.51. The molecule has 0 unspecified atom stereocenters. The van der Waals surface area contributed by atoms with Crippen molar-refractivity contribution >= 4 is 12.1 Å². The van der Waals surface area contributed by atoms with Crippen molar-refractivity contribution in [1.82, 2.24) is 5.32 Å². The van der Waals surface area contributed by atoms with Gasteiger partial charge in [0.2, 0.25) is 0 Å². The van der Waals surface area contributed by atoms with Gasteiger partial charge in [-0.15, -0.1) is 0 Å². The number of aliphatic carboxylic acids is 1. The van der Waals surface area contributed by atoms with E-state index in [4.69, 9.17) is 5.11 Å². The van der Waals surface area contributed by atoms with Crippen molar-refractivity contribution in [2.75, 3.05) is 6.61 Å². The van der Waals surface area contributed by atoms with Crippen molar-refractivity contribution in [3.05, 3.63) is 12.7 Å². The Labute approximate surface area is 92.9 Å². The van der Waals surface area contributed by atoms with Gasteiger partial charge in [-0.05, 0) is 12.8 Å². The number of carboxylic acid groups (broad SMARTS) is 1. The van der Waals surface area contributed by atoms with Gasteiger partial charge in [0.05, 0.1) is 18.1 Å². The van der Waals surface area contributed by atoms with Crippen molar-refractivity contribution in [3.63, 3.8) is 0 Å². The zero-order chi connectivity index (χ0) is 12.1. The highest BCUT2D eigenvalue weighted by Gasteiger charge is 2.37. The van der Waals surface area contributed by atoms with E-state index in [-0.39, 0.29) is 19.4 Å². The van der Waals surface area contributed by atoms with Gasteiger partial charge in [0, 0.05) is 0 Å². The zero-order valence-electron chi connectivity index (χ0n) is 8.76. The number of aliphatic hydroxyl groups excluding tert-OH is 1. The van der Waals surface area contributed by atoms with Crippen LogP contribution >= 0.6 is 0 Å². The highest BCUT2D eigenvalue weighted by molar-refractivity contribution is 5.71. The maximum Gasteiger partial charge on any atom is 0.407 e. The van der Waals surface area contributed by atoms with E-state index in [9.17, 15) is 14.7 Å². The summed E-state index contributed by atoms with van der Waals surface area (Å²) in [6.45, 7) is 3.46. The molecular weight excluding hydrogens is 214 g/mol. The largest absolute Gasteiger partial charge is 0.481 e. The number of hydrogen-bond donors (Lipinski definition) is 3. The number of ether oxygens (including phenoxy) is 1. The zero-order valence-corrected chi connectivity index (χ0v) is 8.76. The number of rotatable bonds is 4. The number of carbonyl (C=O) groups is 2. The van der Waals surface area contributed by atoms with Crippen LogP contribution in [0.3, 0.4) is 0 Å². The van der Waals surface area contributed by atoms with Crippen LogP contribution in [-0.4, -0.2) is 41.0 Å². The lowest BCUT2D eigenvalue weighted by Crippen LogP contribution is -2.40. The molecule has 1 rings (SSSR count). The fraction of sp³-hybridized carbons (Fsp3) is 0.600. The van der Waals surface area contributed by atoms with Gasteiger partial charge in [0.25, 0.3) is 0 Å². The number of nitrogens with one attached hydrogen (secondary N) is 1. The molecule has 6 heteroatoms. The second kappa shape index (κ2) is 5.50. The molecule has 0 heterocycles. The Hall–Kier alpha value is -1.56. The van der Waals surface area contributed by atoms with Crippen LogP contribution in [0.2, 0.25) is 0 Å². The molecule has 3 atom stereocenters. The molecule has 6 nitrogen and oxygen atoms in total. The summed E-state index contributed by atoms with van der Waals surface area (Å²) in [6.07, 6.45) is 0.291. The maximum atomic E-state index is 11.1. The van der Waals surface area contributed by atoms with Crippen LogP contribution in [-0.2, 0) is 9.53 Å². The van der Waals surface area contributed by atoms with Crippen LogP contribution in [0, 0.1) is 5.92 Å². The molecular formula is C10H15NO5. The van der Waals surface area contributed by atoms with Gasteiger partial charge in [0.1, 0.15) is 6.61 Å². The van der Waals surface area contributed by atoms with E-state index in [0.717, 1.165) is 0 Å². The second-order valence-electron chi connectivity index (χ2n) is 3.71. The standard InChI is InChI=1S/C10H15NO5/c1-2-3-16-10(15)11-7-4-6(9(13)14)5-8(7)12/h2,6-8,12H,1,3-5H2,(H,11,15)(H,13,14)/t6-,7+,8+/m0/s1. The topological polar surface area (TPSA) is 95.9 Å². The lowest BCUT2D eigenvalue weighted by Gasteiger charge is -2.15. The fourth-order valence-corrected chi connectivity index (χ4v) is 1.70. The molecule has 0 radical (unpaired) electrons. The number of aliphatic hydroxyl groups is 1. The minimum absolute atomic E-state index is 0.0804. The van der Waals surface area contributed by atoms with Gasteiger partial charge in [-0.25, -0.2) is 4.79 Å². The minimum atomic E-state index is -0.956. The molecule has 1 fully saturated rings. The first-order chi connectivity index (χ1) is 7.54. The van der Waals surface area contributed by atoms with Crippen molar-refractivity contribution < 1.29 is 24.5 Å². The molecule has 1 saturated carbocycles. The monoisotopic (exact) mass is 229 g/mol. The predicted molar refractivity (Wildman–Crippen MR) is 54.8 cm³/mol. The molecule has 16 heavy (non-hydrogen) atoms. The molecule has 0 aromatic rings. The first-order valence-corrected chi connectivity index (χ1v) is 4.99. The number of carboxylic acids is 1. The smallest absolute Gasteiger partial charge is 0.407 e. The molecule has 0 saturated heterocycles. The third kappa shape index (κ3) is 3.23. The number of alkyl carbamates (subject to hydrolysis) is 1. The Morgan fingerprint density at radius 3 is 2.69 bits per heavy atom. The average molecular weight is 229 g/mol. The van der Waals surface area contributed by atoms with Gasteiger partial charge in [-0.2, -0.15) is 0 Å². The Kier molecular flexibility index (Phi) is 4.30. The van der Waals surface area contributed by atoms with Gasteiger partial charge in [-0.1, -0.05) is 12.7 Å². The Bertz CT molecular complexity index is 291. The highest BCUT2D eigenvalue weighted by atomic mass is 16.5. The summed E-state index contributed by atoms with van der Waals surface area (Å²) in [5.74, 6) is -1.57. The summed E-state index contributed by atoms with van der Waals surface area (Å²) in [5.41, 5.74) is 0. The maximum absolute atomic E-state index is 11.1. The van der Waals surface area contributed by atoms with Crippen molar-refractivity contribution in [1.29, 1.82) is 0 Å². The summed E-state index contributed by atoms with van der Waals surface area (Å²) < 4.78 is 4.67. The third-order valence-corrected chi connectivity index (χ3v) is 2.51. The minimum Gasteiger partial charge on any atom is -0.481 e. The van der Waals surface area contributed by atoms with E-state index in [2.05, 4.69) is 16.6 Å². The number of hydrogen-bond acceptors (Lipinski definition) is 4. The molecule has 1 aliphatic carbocycles. The van der Waals surface area contributed by atoms with Gasteiger partial charge in [0.15, 0.2) is 0 Å². The van der Waals surface area contributed by atoms with Crippen LogP contribution in [0.5, 0.6) is 0 Å². The fourth-order valence-electron chi connectivity index (χ4n) is 1.70. The van der Waals surface area contributed by atoms with Crippen molar-refractivity contribution in [2.45, 2.75) is 25.0 Å². The molecule has 0 aliphatic heterocycles. The van der Waals surface area contributed by atoms with E-state index in [1.165, 1.54) is 6.08 Å². The van der Waals surface area contributed by atoms with Crippen LogP contribution in [0.15, 0.2) is 12.7 Å². The first-order valence-electron chi connectivity index (χ1n) is 4.99. The first kappa shape index (κ1) is 12.5. The van der Waals surface area contributed by atoms with E-state index >= 15 is 0 Å². The van der Waals surface area contributed by atoms with E-state index < -0.39 is 30.1 Å². The summed E-state index contributed by atoms with van der Waals surface area (Å²) in [5, 5.41) is 20.7. The van der Waals surface area contributed by atoms with Crippen LogP contribution in [0.4, 0.5) is 4.79 Å². The van der Waals surface area contributed by atoms with Crippen LogP contribution in [0.25, 0.3) is 0 Å². The van der Waals surface area contributed by atoms with E-state index in [1.54, 1.807) is 0 Å². The second-order valence-corrected chi connectivity index (χ2v) is 3.71. The Morgan fingerprint density at radius 2 is 2.19 bits per heavy atom. The molecule has 1 aliphatic rings. The van der Waals surface area contributed by atoms with Crippen LogP contribution < -0.4 is 5.32 Å². The number of amides is 1. The molecule has 3 N–H and O–H groups in total. The predicted octanol–water partition coefficient (Wildman–Crippen LogP) is 0.123. The lowest BCUT2D eigenvalue weighted by atomic mass is 10.1.